The number of aromatic nitrogens is 1. The van der Waals surface area contributed by atoms with E-state index in [9.17, 15) is 5.11 Å². The molecule has 2 heteroatoms. The number of aliphatic hydroxyl groups excluding tert-OH is 1. The van der Waals surface area contributed by atoms with Crippen molar-refractivity contribution in [3.63, 3.8) is 0 Å². The van der Waals surface area contributed by atoms with Crippen LogP contribution in [0.4, 0.5) is 0 Å². The molecule has 0 amide bonds. The normalized spacial score (nSPS) is 12.2. The third-order valence-electron chi connectivity index (χ3n) is 1.56. The average molecular weight is 161 g/mol. The lowest BCUT2D eigenvalue weighted by atomic mass is 10.1. The number of nitrogens with zero attached hydrogens (tertiary/aromatic N) is 1. The number of aryl methyl sites for hydroxylation is 2. The summed E-state index contributed by atoms with van der Waals surface area (Å²) in [7, 11) is 0. The molecule has 1 rings (SSSR count). The average Bonchev–Trinajstić information content (AvgIpc) is 2.01. The summed E-state index contributed by atoms with van der Waals surface area (Å²) in [6, 6.07) is 3.73. The lowest BCUT2D eigenvalue weighted by molar-refractivity contribution is 0.233. The molecule has 0 aliphatic rings. The lowest BCUT2D eigenvalue weighted by Crippen LogP contribution is -1.99. The number of rotatable bonds is 1. The highest BCUT2D eigenvalue weighted by Crippen LogP contribution is 2.11. The van der Waals surface area contributed by atoms with Crippen molar-refractivity contribution in [2.24, 2.45) is 0 Å². The molecule has 12 heavy (non-hydrogen) atoms. The number of terminal acetylenes is 1. The van der Waals surface area contributed by atoms with Gasteiger partial charge in [-0.3, -0.25) is 4.98 Å². The molecule has 62 valence electrons. The third-order valence-corrected chi connectivity index (χ3v) is 1.56. The van der Waals surface area contributed by atoms with Crippen molar-refractivity contribution >= 4 is 0 Å². The highest BCUT2D eigenvalue weighted by atomic mass is 16.3. The molecule has 2 nitrogen and oxygen atoms in total. The molecule has 1 atom stereocenters. The van der Waals surface area contributed by atoms with E-state index in [2.05, 4.69) is 10.9 Å². The number of hydrogen-bond acceptors (Lipinski definition) is 2. The second kappa shape index (κ2) is 3.38. The molecule has 1 heterocycles. The molecule has 0 spiro atoms. The first-order chi connectivity index (χ1) is 5.63. The summed E-state index contributed by atoms with van der Waals surface area (Å²) in [5.74, 6) is 2.23. The van der Waals surface area contributed by atoms with Gasteiger partial charge in [0.25, 0.3) is 0 Å². The lowest BCUT2D eigenvalue weighted by Gasteiger charge is -2.04. The Balaban J connectivity index is 3.10. The maximum atomic E-state index is 9.28. The fourth-order valence-electron chi connectivity index (χ4n) is 1.10. The second-order valence-corrected chi connectivity index (χ2v) is 2.78. The van der Waals surface area contributed by atoms with E-state index in [-0.39, 0.29) is 0 Å². The van der Waals surface area contributed by atoms with Crippen molar-refractivity contribution in [1.82, 2.24) is 4.98 Å². The Morgan fingerprint density at radius 2 is 2.17 bits per heavy atom. The van der Waals surface area contributed by atoms with Crippen LogP contribution in [0.3, 0.4) is 0 Å². The van der Waals surface area contributed by atoms with Crippen LogP contribution in [0.1, 0.15) is 23.1 Å². The zero-order valence-corrected chi connectivity index (χ0v) is 7.20. The summed E-state index contributed by atoms with van der Waals surface area (Å²) in [4.78, 5) is 4.11. The van der Waals surface area contributed by atoms with E-state index in [1.165, 1.54) is 0 Å². The summed E-state index contributed by atoms with van der Waals surface area (Å²) in [5, 5.41) is 9.28. The molecule has 0 radical (unpaired) electrons. The Morgan fingerprint density at radius 3 is 2.67 bits per heavy atom. The quantitative estimate of drug-likeness (QED) is 0.631. The zero-order valence-electron chi connectivity index (χ0n) is 7.20. The minimum atomic E-state index is -0.886. The van der Waals surface area contributed by atoms with Crippen molar-refractivity contribution in [3.05, 3.63) is 29.1 Å². The van der Waals surface area contributed by atoms with Crippen LogP contribution >= 0.6 is 0 Å². The highest BCUT2D eigenvalue weighted by molar-refractivity contribution is 5.24. The molecule has 0 aliphatic heterocycles. The van der Waals surface area contributed by atoms with Gasteiger partial charge in [-0.2, -0.15) is 0 Å². The van der Waals surface area contributed by atoms with Crippen LogP contribution < -0.4 is 0 Å². The first-order valence-electron chi connectivity index (χ1n) is 3.73. The van der Waals surface area contributed by atoms with Gasteiger partial charge in [-0.25, -0.2) is 0 Å². The summed E-state index contributed by atoms with van der Waals surface area (Å²) in [6.07, 6.45) is 4.18. The van der Waals surface area contributed by atoms with Gasteiger partial charge in [0.05, 0.1) is 5.69 Å². The molecule has 0 fully saturated rings. The molecular weight excluding hydrogens is 150 g/mol. The molecule has 0 unspecified atom stereocenters. The highest BCUT2D eigenvalue weighted by Gasteiger charge is 2.05. The van der Waals surface area contributed by atoms with E-state index in [1.807, 2.05) is 19.9 Å². The van der Waals surface area contributed by atoms with Crippen LogP contribution in [0.2, 0.25) is 0 Å². The summed E-state index contributed by atoms with van der Waals surface area (Å²) < 4.78 is 0. The standard InChI is InChI=1S/C10H11NO/c1-4-10(12)9-6-7(2)5-8(3)11-9/h1,5-6,10,12H,2-3H3/t10-/m1/s1. The molecular formula is C10H11NO. The van der Waals surface area contributed by atoms with Gasteiger partial charge < -0.3 is 5.11 Å². The first-order valence-corrected chi connectivity index (χ1v) is 3.73. The molecule has 1 N–H and O–H groups in total. The molecule has 1 aromatic heterocycles. The van der Waals surface area contributed by atoms with Crippen LogP contribution in [0.25, 0.3) is 0 Å². The largest absolute Gasteiger partial charge is 0.374 e. The van der Waals surface area contributed by atoms with Gasteiger partial charge in [-0.15, -0.1) is 6.42 Å². The van der Waals surface area contributed by atoms with Gasteiger partial charge in [-0.05, 0) is 31.5 Å². The Morgan fingerprint density at radius 1 is 1.50 bits per heavy atom. The monoisotopic (exact) mass is 161 g/mol. The van der Waals surface area contributed by atoms with Crippen LogP contribution in [-0.2, 0) is 0 Å². The SMILES string of the molecule is C#C[C@@H](O)c1cc(C)cc(C)n1. The predicted octanol–water partition coefficient (Wildman–Crippen LogP) is 1.37. The van der Waals surface area contributed by atoms with E-state index in [4.69, 9.17) is 6.42 Å². The molecule has 0 aromatic carbocycles. The molecule has 1 aromatic rings. The van der Waals surface area contributed by atoms with Crippen LogP contribution in [0.5, 0.6) is 0 Å². The van der Waals surface area contributed by atoms with Gasteiger partial charge >= 0.3 is 0 Å². The van der Waals surface area contributed by atoms with E-state index in [1.54, 1.807) is 6.07 Å². The summed E-state index contributed by atoms with van der Waals surface area (Å²) in [5.41, 5.74) is 2.49. The number of aliphatic hydroxyl groups is 1. The van der Waals surface area contributed by atoms with E-state index in [0.717, 1.165) is 11.3 Å². The third kappa shape index (κ3) is 1.84. The Hall–Kier alpha value is -1.33. The Labute approximate surface area is 72.3 Å². The van der Waals surface area contributed by atoms with Crippen LogP contribution in [-0.4, -0.2) is 10.1 Å². The smallest absolute Gasteiger partial charge is 0.156 e. The molecule has 0 saturated carbocycles. The fraction of sp³-hybridized carbons (Fsp3) is 0.300. The predicted molar refractivity (Wildman–Crippen MR) is 47.5 cm³/mol. The maximum Gasteiger partial charge on any atom is 0.156 e. The van der Waals surface area contributed by atoms with E-state index < -0.39 is 6.10 Å². The number of pyridine rings is 1. The summed E-state index contributed by atoms with van der Waals surface area (Å²) >= 11 is 0. The van der Waals surface area contributed by atoms with Gasteiger partial charge in [0.15, 0.2) is 6.10 Å². The van der Waals surface area contributed by atoms with Gasteiger partial charge in [0, 0.05) is 5.69 Å². The van der Waals surface area contributed by atoms with Crippen molar-refractivity contribution in [3.8, 4) is 12.3 Å². The molecule has 0 bridgehead atoms. The second-order valence-electron chi connectivity index (χ2n) is 2.78. The maximum absolute atomic E-state index is 9.28. The Kier molecular flexibility index (Phi) is 2.47. The van der Waals surface area contributed by atoms with Crippen molar-refractivity contribution in [1.29, 1.82) is 0 Å². The minimum Gasteiger partial charge on any atom is -0.374 e. The zero-order chi connectivity index (χ0) is 9.14. The van der Waals surface area contributed by atoms with Crippen molar-refractivity contribution < 1.29 is 5.11 Å². The van der Waals surface area contributed by atoms with Gasteiger partial charge in [-0.1, -0.05) is 5.92 Å². The Bertz CT molecular complexity index is 305. The minimum absolute atomic E-state index is 0.551. The topological polar surface area (TPSA) is 33.1 Å². The first kappa shape index (κ1) is 8.76. The fourth-order valence-corrected chi connectivity index (χ4v) is 1.10. The number of hydrogen-bond donors (Lipinski definition) is 1. The summed E-state index contributed by atoms with van der Waals surface area (Å²) in [6.45, 7) is 3.82. The van der Waals surface area contributed by atoms with Crippen LogP contribution in [0, 0.1) is 26.2 Å². The van der Waals surface area contributed by atoms with E-state index >= 15 is 0 Å². The van der Waals surface area contributed by atoms with E-state index in [0.29, 0.717) is 5.69 Å². The van der Waals surface area contributed by atoms with Gasteiger partial charge in [0.2, 0.25) is 0 Å². The molecule has 0 aliphatic carbocycles. The molecule has 0 saturated heterocycles. The van der Waals surface area contributed by atoms with Crippen molar-refractivity contribution in [2.45, 2.75) is 20.0 Å². The van der Waals surface area contributed by atoms with Crippen LogP contribution in [0.15, 0.2) is 12.1 Å². The van der Waals surface area contributed by atoms with Crippen molar-refractivity contribution in [2.75, 3.05) is 0 Å². The van der Waals surface area contributed by atoms with Gasteiger partial charge in [0.1, 0.15) is 0 Å².